The fourth-order valence-corrected chi connectivity index (χ4v) is 0.544. The van der Waals surface area contributed by atoms with Gasteiger partial charge in [-0.3, -0.25) is 0 Å². The second kappa shape index (κ2) is 10.1. The van der Waals surface area contributed by atoms with Crippen molar-refractivity contribution in [3.8, 4) is 0 Å². The molecule has 1 rings (SSSR count). The van der Waals surface area contributed by atoms with Crippen LogP contribution in [-0.2, 0) is 0 Å². The lowest BCUT2D eigenvalue weighted by Crippen LogP contribution is -2.27. The third-order valence-electron chi connectivity index (χ3n) is 1.05. The van der Waals surface area contributed by atoms with Gasteiger partial charge in [-0.25, -0.2) is 4.98 Å². The van der Waals surface area contributed by atoms with E-state index in [2.05, 4.69) is 15.3 Å². The first-order valence-electron chi connectivity index (χ1n) is 3.95. The van der Waals surface area contributed by atoms with Crippen molar-refractivity contribution in [3.63, 3.8) is 0 Å². The van der Waals surface area contributed by atoms with Gasteiger partial charge in [0.05, 0.1) is 6.33 Å². The van der Waals surface area contributed by atoms with E-state index in [1.165, 1.54) is 0 Å². The van der Waals surface area contributed by atoms with E-state index in [1.54, 1.807) is 18.7 Å². The zero-order valence-electron chi connectivity index (χ0n) is 7.16. The Bertz CT molecular complexity index is 118. The van der Waals surface area contributed by atoms with E-state index in [0.29, 0.717) is 13.1 Å². The first-order chi connectivity index (χ1) is 5.91. The molecule has 0 aliphatic heterocycles. The molecule has 0 aromatic carbocycles. The predicted octanol–water partition coefficient (Wildman–Crippen LogP) is -1.10. The van der Waals surface area contributed by atoms with Gasteiger partial charge in [-0.05, 0) is 0 Å². The van der Waals surface area contributed by atoms with Gasteiger partial charge in [0, 0.05) is 38.6 Å². The summed E-state index contributed by atoms with van der Waals surface area (Å²) in [6.45, 7) is 3.13. The fourth-order valence-electron chi connectivity index (χ4n) is 0.544. The first kappa shape index (κ1) is 11.1. The van der Waals surface area contributed by atoms with Gasteiger partial charge in [0.25, 0.3) is 0 Å². The number of nitrogens with zero attached hydrogens (tertiary/aromatic N) is 1. The van der Waals surface area contributed by atoms with Crippen molar-refractivity contribution < 1.29 is 0 Å². The number of aromatic amines is 1. The molecule has 0 aliphatic rings. The summed E-state index contributed by atoms with van der Waals surface area (Å²) in [5.41, 5.74) is 10.3. The summed E-state index contributed by atoms with van der Waals surface area (Å²) in [6, 6.07) is 0. The van der Waals surface area contributed by atoms with Crippen LogP contribution in [-0.4, -0.2) is 36.1 Å². The molecular weight excluding hydrogens is 154 g/mol. The minimum Gasteiger partial charge on any atom is -0.351 e. The molecule has 0 saturated carbocycles. The number of H-pyrrole nitrogens is 1. The molecular formula is C7H17N5. The Labute approximate surface area is 72.6 Å². The lowest BCUT2D eigenvalue weighted by molar-refractivity contribution is 0.696. The van der Waals surface area contributed by atoms with Crippen LogP contribution >= 0.6 is 0 Å². The van der Waals surface area contributed by atoms with Crippen molar-refractivity contribution in [1.82, 2.24) is 15.3 Å². The Kier molecular flexibility index (Phi) is 9.32. The number of imidazole rings is 1. The lowest BCUT2D eigenvalue weighted by Gasteiger charge is -1.95. The zero-order valence-corrected chi connectivity index (χ0v) is 7.16. The summed E-state index contributed by atoms with van der Waals surface area (Å²) in [5, 5.41) is 3.03. The van der Waals surface area contributed by atoms with E-state index < -0.39 is 0 Å². The van der Waals surface area contributed by atoms with Crippen molar-refractivity contribution in [3.05, 3.63) is 18.7 Å². The predicted molar refractivity (Wildman–Crippen MR) is 49.6 cm³/mol. The van der Waals surface area contributed by atoms with E-state index in [1.807, 2.05) is 0 Å². The van der Waals surface area contributed by atoms with Crippen LogP contribution < -0.4 is 16.8 Å². The third-order valence-corrected chi connectivity index (χ3v) is 1.05. The Hall–Kier alpha value is -0.910. The van der Waals surface area contributed by atoms with Gasteiger partial charge >= 0.3 is 0 Å². The van der Waals surface area contributed by atoms with Gasteiger partial charge in [-0.2, -0.15) is 0 Å². The maximum Gasteiger partial charge on any atom is 0.0919 e. The molecule has 5 nitrogen and oxygen atoms in total. The van der Waals surface area contributed by atoms with Gasteiger partial charge < -0.3 is 21.8 Å². The highest BCUT2D eigenvalue weighted by Crippen LogP contribution is 1.62. The third kappa shape index (κ3) is 9.09. The lowest BCUT2D eigenvalue weighted by atomic mass is 10.6. The fraction of sp³-hybridized carbons (Fsp3) is 0.571. The standard InChI is InChI=1S/C4H13N3.C3H4N2/c5-1-3-7-4-2-6;1-2-5-3-4-1/h7H,1-6H2;1-3H,(H,4,5). The van der Waals surface area contributed by atoms with Crippen LogP contribution in [0.4, 0.5) is 0 Å². The summed E-state index contributed by atoms with van der Waals surface area (Å²) in [6.07, 6.45) is 5.08. The van der Waals surface area contributed by atoms with Gasteiger partial charge in [0.15, 0.2) is 0 Å². The number of nitrogens with one attached hydrogen (secondary N) is 2. The van der Waals surface area contributed by atoms with Crippen molar-refractivity contribution in [2.75, 3.05) is 26.2 Å². The SMILES string of the molecule is NCCNCCN.c1c[nH]cn1. The number of aromatic nitrogens is 2. The van der Waals surface area contributed by atoms with E-state index in [9.17, 15) is 0 Å². The summed E-state index contributed by atoms with van der Waals surface area (Å²) in [4.78, 5) is 6.42. The van der Waals surface area contributed by atoms with Crippen molar-refractivity contribution >= 4 is 0 Å². The molecule has 0 unspecified atom stereocenters. The number of hydrogen-bond acceptors (Lipinski definition) is 4. The van der Waals surface area contributed by atoms with Crippen molar-refractivity contribution in [1.29, 1.82) is 0 Å². The van der Waals surface area contributed by atoms with E-state index in [0.717, 1.165) is 13.1 Å². The maximum atomic E-state index is 5.17. The highest BCUT2D eigenvalue weighted by Gasteiger charge is 1.76. The molecule has 0 atom stereocenters. The average Bonchev–Trinajstić information content (AvgIpc) is 2.62. The summed E-state index contributed by atoms with van der Waals surface area (Å²) in [5.74, 6) is 0. The van der Waals surface area contributed by atoms with Crippen LogP contribution in [0.2, 0.25) is 0 Å². The van der Waals surface area contributed by atoms with Gasteiger partial charge in [-0.1, -0.05) is 0 Å². The Morgan fingerprint density at radius 2 is 1.92 bits per heavy atom. The molecule has 70 valence electrons. The minimum absolute atomic E-state index is 0.694. The number of nitrogens with two attached hydrogens (primary N) is 2. The zero-order chi connectivity index (χ0) is 9.07. The molecule has 0 fully saturated rings. The molecule has 1 aromatic heterocycles. The smallest absolute Gasteiger partial charge is 0.0919 e. The maximum absolute atomic E-state index is 5.17. The highest BCUT2D eigenvalue weighted by molar-refractivity contribution is 4.64. The summed E-state index contributed by atoms with van der Waals surface area (Å²) >= 11 is 0. The topological polar surface area (TPSA) is 92.7 Å². The van der Waals surface area contributed by atoms with Crippen LogP contribution in [0, 0.1) is 0 Å². The molecule has 0 bridgehead atoms. The molecule has 0 aliphatic carbocycles. The number of rotatable bonds is 4. The second-order valence-electron chi connectivity index (χ2n) is 2.09. The monoisotopic (exact) mass is 171 g/mol. The molecule has 1 heterocycles. The quantitative estimate of drug-likeness (QED) is 0.433. The molecule has 0 amide bonds. The van der Waals surface area contributed by atoms with Crippen LogP contribution in [0.1, 0.15) is 0 Å². The highest BCUT2D eigenvalue weighted by atomic mass is 14.9. The summed E-state index contributed by atoms with van der Waals surface area (Å²) in [7, 11) is 0. The normalized spacial score (nSPS) is 8.83. The van der Waals surface area contributed by atoms with Crippen LogP contribution in [0.5, 0.6) is 0 Å². The molecule has 12 heavy (non-hydrogen) atoms. The Morgan fingerprint density at radius 3 is 2.17 bits per heavy atom. The number of hydrogen-bond donors (Lipinski definition) is 4. The first-order valence-corrected chi connectivity index (χ1v) is 3.95. The largest absolute Gasteiger partial charge is 0.351 e. The molecule has 6 N–H and O–H groups in total. The Morgan fingerprint density at radius 1 is 1.25 bits per heavy atom. The van der Waals surface area contributed by atoms with Crippen molar-refractivity contribution in [2.24, 2.45) is 11.5 Å². The Balaban J connectivity index is 0.000000211. The van der Waals surface area contributed by atoms with Gasteiger partial charge in [0.2, 0.25) is 0 Å². The van der Waals surface area contributed by atoms with Gasteiger partial charge in [0.1, 0.15) is 0 Å². The minimum atomic E-state index is 0.694. The average molecular weight is 171 g/mol. The van der Waals surface area contributed by atoms with Gasteiger partial charge in [-0.15, -0.1) is 0 Å². The van der Waals surface area contributed by atoms with E-state index in [-0.39, 0.29) is 0 Å². The molecule has 1 aromatic rings. The summed E-state index contributed by atoms with van der Waals surface area (Å²) < 4.78 is 0. The van der Waals surface area contributed by atoms with E-state index >= 15 is 0 Å². The molecule has 0 radical (unpaired) electrons. The second-order valence-corrected chi connectivity index (χ2v) is 2.09. The molecule has 5 heteroatoms. The van der Waals surface area contributed by atoms with Crippen LogP contribution in [0.3, 0.4) is 0 Å². The van der Waals surface area contributed by atoms with E-state index in [4.69, 9.17) is 11.5 Å². The van der Waals surface area contributed by atoms with Crippen LogP contribution in [0.25, 0.3) is 0 Å². The molecule has 0 saturated heterocycles. The molecule has 0 spiro atoms. The van der Waals surface area contributed by atoms with Crippen molar-refractivity contribution in [2.45, 2.75) is 0 Å². The van der Waals surface area contributed by atoms with Crippen LogP contribution in [0.15, 0.2) is 18.7 Å².